The fourth-order valence-electron chi connectivity index (χ4n) is 5.28. The highest BCUT2D eigenvalue weighted by Crippen LogP contribution is 2.67. The Morgan fingerprint density at radius 1 is 1.17 bits per heavy atom. The Bertz CT molecular complexity index is 1200. The van der Waals surface area contributed by atoms with Crippen molar-refractivity contribution in [3.8, 4) is 17.6 Å². The average Bonchev–Trinajstić information content (AvgIpc) is 3.32. The van der Waals surface area contributed by atoms with Crippen LogP contribution >= 0.6 is 0 Å². The number of fused-ring (bicyclic) bond motifs is 3. The van der Waals surface area contributed by atoms with Crippen LogP contribution < -0.4 is 9.47 Å². The van der Waals surface area contributed by atoms with Gasteiger partial charge in [0.05, 0.1) is 36.7 Å². The number of nitriles is 1. The second-order valence-electron chi connectivity index (χ2n) is 9.10. The largest absolute Gasteiger partial charge is 0.495 e. The molecule has 182 valence electrons. The fraction of sp³-hybridized carbons (Fsp3) is 0.357. The molecule has 2 aromatic carbocycles. The van der Waals surface area contributed by atoms with Crippen molar-refractivity contribution in [2.24, 2.45) is 0 Å². The van der Waals surface area contributed by atoms with Crippen LogP contribution in [-0.4, -0.2) is 49.4 Å². The summed E-state index contributed by atoms with van der Waals surface area (Å²) in [6.45, 7) is 0.299. The quantitative estimate of drug-likeness (QED) is 0.584. The molecule has 3 unspecified atom stereocenters. The van der Waals surface area contributed by atoms with E-state index in [1.807, 2.05) is 44.4 Å². The van der Waals surface area contributed by atoms with E-state index in [2.05, 4.69) is 23.2 Å². The Kier molecular flexibility index (Phi) is 7.06. The first-order valence-electron chi connectivity index (χ1n) is 11.6. The van der Waals surface area contributed by atoms with Gasteiger partial charge in [-0.1, -0.05) is 42.5 Å². The van der Waals surface area contributed by atoms with Gasteiger partial charge < -0.3 is 19.5 Å². The van der Waals surface area contributed by atoms with Gasteiger partial charge in [0.1, 0.15) is 23.8 Å². The molecule has 1 fully saturated rings. The molecular formula is C28H30FN3O3. The second-order valence-corrected chi connectivity index (χ2v) is 9.10. The van der Waals surface area contributed by atoms with Crippen LogP contribution in [0.2, 0.25) is 0 Å². The van der Waals surface area contributed by atoms with Crippen LogP contribution in [0.4, 0.5) is 4.39 Å². The van der Waals surface area contributed by atoms with Crippen molar-refractivity contribution in [1.82, 2.24) is 9.88 Å². The van der Waals surface area contributed by atoms with E-state index in [-0.39, 0.29) is 12.6 Å². The van der Waals surface area contributed by atoms with Crippen LogP contribution in [0.25, 0.3) is 0 Å². The Hall–Kier alpha value is -3.47. The molecule has 0 spiro atoms. The summed E-state index contributed by atoms with van der Waals surface area (Å²) < 4.78 is 23.4. The molecular weight excluding hydrogens is 445 g/mol. The van der Waals surface area contributed by atoms with Gasteiger partial charge in [0.2, 0.25) is 0 Å². The molecule has 7 heteroatoms. The number of methoxy groups -OCH3 is 1. The van der Waals surface area contributed by atoms with Crippen LogP contribution in [0.1, 0.15) is 41.0 Å². The molecule has 35 heavy (non-hydrogen) atoms. The third kappa shape index (κ3) is 4.13. The van der Waals surface area contributed by atoms with Crippen molar-refractivity contribution >= 4 is 0 Å². The molecule has 0 radical (unpaired) electrons. The number of aromatic nitrogens is 1. The lowest BCUT2D eigenvalue weighted by Gasteiger charge is -2.40. The van der Waals surface area contributed by atoms with Crippen LogP contribution in [0.5, 0.6) is 11.5 Å². The van der Waals surface area contributed by atoms with Crippen molar-refractivity contribution in [2.45, 2.75) is 30.0 Å². The Morgan fingerprint density at radius 3 is 2.46 bits per heavy atom. The topological polar surface area (TPSA) is 78.6 Å². The van der Waals surface area contributed by atoms with E-state index in [0.29, 0.717) is 35.6 Å². The Balaban J connectivity index is 0.000000431. The van der Waals surface area contributed by atoms with Crippen molar-refractivity contribution in [2.75, 3.05) is 34.4 Å². The van der Waals surface area contributed by atoms with Crippen molar-refractivity contribution in [3.05, 3.63) is 89.2 Å². The van der Waals surface area contributed by atoms with Gasteiger partial charge in [-0.05, 0) is 50.2 Å². The molecule has 0 amide bonds. The molecule has 6 nitrogen and oxygen atoms in total. The van der Waals surface area contributed by atoms with Crippen LogP contribution in [0, 0.1) is 11.3 Å². The first-order valence-corrected chi connectivity index (χ1v) is 11.6. The van der Waals surface area contributed by atoms with Gasteiger partial charge >= 0.3 is 0 Å². The predicted octanol–water partition coefficient (Wildman–Crippen LogP) is 4.53. The molecule has 1 N–H and O–H groups in total. The number of rotatable bonds is 5. The lowest BCUT2D eigenvalue weighted by molar-refractivity contribution is -0.106. The summed E-state index contributed by atoms with van der Waals surface area (Å²) >= 11 is 0. The smallest absolute Gasteiger partial charge is 0.174 e. The van der Waals surface area contributed by atoms with E-state index < -0.39 is 11.2 Å². The Labute approximate surface area is 205 Å². The second kappa shape index (κ2) is 10.0. The van der Waals surface area contributed by atoms with Gasteiger partial charge in [-0.15, -0.1) is 0 Å². The number of benzene rings is 2. The van der Waals surface area contributed by atoms with Gasteiger partial charge in [-0.25, -0.2) is 4.39 Å². The van der Waals surface area contributed by atoms with Gasteiger partial charge in [-0.2, -0.15) is 5.26 Å². The minimum Gasteiger partial charge on any atom is -0.495 e. The van der Waals surface area contributed by atoms with Gasteiger partial charge in [0.15, 0.2) is 5.60 Å². The van der Waals surface area contributed by atoms with E-state index in [4.69, 9.17) is 9.47 Å². The van der Waals surface area contributed by atoms with E-state index >= 15 is 0 Å². The molecule has 1 aliphatic heterocycles. The standard InChI is InChI=1S/C24H20N2O3.C4H10FN/c1-28-20-14-26-15-21-22(20)23(27)12-11-19(17-5-3-2-4-6-17)24(23,29-21)18-9-7-16(13-25)8-10-18;1-6(2)4-3-5/h2-10,14-15,19,27H,11-12H2,1H3;3-4H2,1-2H3. The summed E-state index contributed by atoms with van der Waals surface area (Å²) in [4.78, 5) is 6.04. The molecule has 0 bridgehead atoms. The van der Waals surface area contributed by atoms with Gasteiger partial charge in [-0.3, -0.25) is 4.98 Å². The van der Waals surface area contributed by atoms with Crippen LogP contribution in [-0.2, 0) is 11.2 Å². The number of ether oxygens (including phenoxy) is 2. The lowest BCUT2D eigenvalue weighted by atomic mass is 9.71. The molecule has 3 aromatic rings. The zero-order chi connectivity index (χ0) is 25.1. The Morgan fingerprint density at radius 2 is 1.89 bits per heavy atom. The summed E-state index contributed by atoms with van der Waals surface area (Å²) in [7, 11) is 5.27. The van der Waals surface area contributed by atoms with Crippen LogP contribution in [0.3, 0.4) is 0 Å². The maximum atomic E-state index is 12.2. The molecule has 1 aromatic heterocycles. The number of hydrogen-bond donors (Lipinski definition) is 1. The minimum absolute atomic E-state index is 0.0706. The van der Waals surface area contributed by atoms with Crippen molar-refractivity contribution in [1.29, 1.82) is 5.26 Å². The number of pyridine rings is 1. The molecule has 1 saturated carbocycles. The van der Waals surface area contributed by atoms with Gasteiger partial charge in [0, 0.05) is 12.5 Å². The monoisotopic (exact) mass is 475 g/mol. The molecule has 2 heterocycles. The molecule has 1 aliphatic carbocycles. The fourth-order valence-corrected chi connectivity index (χ4v) is 5.28. The first kappa shape index (κ1) is 24.6. The van der Waals surface area contributed by atoms with E-state index in [9.17, 15) is 14.8 Å². The zero-order valence-corrected chi connectivity index (χ0v) is 20.2. The number of alkyl halides is 1. The predicted molar refractivity (Wildman–Crippen MR) is 131 cm³/mol. The molecule has 0 saturated heterocycles. The SMILES string of the molecule is CN(C)CCF.COc1cncc2c1C1(O)CCC(c3ccccc3)C1(c1ccc(C#N)cc1)O2. The normalized spacial score (nSPS) is 24.0. The zero-order valence-electron chi connectivity index (χ0n) is 20.2. The third-order valence-corrected chi connectivity index (χ3v) is 6.86. The molecule has 5 rings (SSSR count). The van der Waals surface area contributed by atoms with Gasteiger partial charge in [0.25, 0.3) is 0 Å². The maximum absolute atomic E-state index is 12.2. The van der Waals surface area contributed by atoms with E-state index in [1.165, 1.54) is 0 Å². The lowest BCUT2D eigenvalue weighted by Crippen LogP contribution is -2.48. The van der Waals surface area contributed by atoms with E-state index in [1.54, 1.807) is 36.5 Å². The highest BCUT2D eigenvalue weighted by Gasteiger charge is 2.69. The van der Waals surface area contributed by atoms with E-state index in [0.717, 1.165) is 17.5 Å². The van der Waals surface area contributed by atoms with Crippen molar-refractivity contribution < 1.29 is 19.0 Å². The number of nitrogens with zero attached hydrogens (tertiary/aromatic N) is 3. The third-order valence-electron chi connectivity index (χ3n) is 6.86. The first-order chi connectivity index (χ1) is 16.9. The maximum Gasteiger partial charge on any atom is 0.174 e. The summed E-state index contributed by atoms with van der Waals surface area (Å²) in [5.41, 5.74) is 0.860. The van der Waals surface area contributed by atoms with Crippen LogP contribution in [0.15, 0.2) is 67.0 Å². The summed E-state index contributed by atoms with van der Waals surface area (Å²) in [5, 5.41) is 21.4. The minimum atomic E-state index is -1.27. The summed E-state index contributed by atoms with van der Waals surface area (Å²) in [6.07, 6.45) is 4.54. The number of halogens is 1. The van der Waals surface area contributed by atoms with Crippen molar-refractivity contribution in [3.63, 3.8) is 0 Å². The number of hydrogen-bond acceptors (Lipinski definition) is 6. The summed E-state index contributed by atoms with van der Waals surface area (Å²) in [6, 6.07) is 19.6. The average molecular weight is 476 g/mol. The highest BCUT2D eigenvalue weighted by atomic mass is 19.1. The summed E-state index contributed by atoms with van der Waals surface area (Å²) in [5.74, 6) is 0.991. The molecule has 3 atom stereocenters. The number of aliphatic hydroxyl groups is 1. The molecule has 2 aliphatic rings. The highest BCUT2D eigenvalue weighted by molar-refractivity contribution is 5.57.